The van der Waals surface area contributed by atoms with Crippen LogP contribution in [0.1, 0.15) is 5.69 Å². The molecule has 0 aliphatic rings. The van der Waals surface area contributed by atoms with Crippen LogP contribution in [0.5, 0.6) is 0 Å². The first-order valence-electron chi connectivity index (χ1n) is 3.43. The van der Waals surface area contributed by atoms with Gasteiger partial charge in [0.25, 0.3) is 0 Å². The predicted molar refractivity (Wildman–Crippen MR) is 45.1 cm³/mol. The molecule has 0 saturated carbocycles. The summed E-state index contributed by atoms with van der Waals surface area (Å²) < 4.78 is 13.1. The molecule has 6 heteroatoms. The molecule has 0 atom stereocenters. The third-order valence-electron chi connectivity index (χ3n) is 1.26. The molecular formula is C7H7FN2O2S. The molecule has 1 aromatic rings. The number of nitrogens with zero attached hydrogens (tertiary/aromatic N) is 2. The molecule has 4 nitrogen and oxygen atoms in total. The minimum atomic E-state index is -0.999. The highest BCUT2D eigenvalue weighted by Gasteiger charge is 2.09. The van der Waals surface area contributed by atoms with Crippen molar-refractivity contribution in [3.05, 3.63) is 17.8 Å². The smallest absolute Gasteiger partial charge is 0.313 e. The minimum Gasteiger partial charge on any atom is -0.481 e. The number of aliphatic carboxylic acids is 1. The van der Waals surface area contributed by atoms with Crippen molar-refractivity contribution in [3.8, 4) is 0 Å². The normalized spacial score (nSPS) is 10.0. The van der Waals surface area contributed by atoms with Gasteiger partial charge in [0, 0.05) is 0 Å². The van der Waals surface area contributed by atoms with Gasteiger partial charge in [0.15, 0.2) is 5.82 Å². The Labute approximate surface area is 78.2 Å². The van der Waals surface area contributed by atoms with Crippen LogP contribution in [0.3, 0.4) is 0 Å². The number of hydrogen-bond acceptors (Lipinski definition) is 4. The topological polar surface area (TPSA) is 63.1 Å². The molecule has 0 aliphatic heterocycles. The van der Waals surface area contributed by atoms with Crippen LogP contribution in [-0.2, 0) is 4.79 Å². The molecule has 1 heterocycles. The molecule has 0 aromatic carbocycles. The SMILES string of the molecule is Cc1ncnc(SCC(=O)O)c1F. The maximum atomic E-state index is 13.1. The number of aromatic nitrogens is 2. The second-order valence-corrected chi connectivity index (χ2v) is 3.22. The van der Waals surface area contributed by atoms with Crippen LogP contribution >= 0.6 is 11.8 Å². The van der Waals surface area contributed by atoms with Crippen LogP contribution in [0, 0.1) is 12.7 Å². The summed E-state index contributed by atoms with van der Waals surface area (Å²) in [5.41, 5.74) is 0.225. The van der Waals surface area contributed by atoms with Gasteiger partial charge in [0.1, 0.15) is 11.4 Å². The Hall–Kier alpha value is -1.17. The molecule has 0 fully saturated rings. The van der Waals surface area contributed by atoms with Gasteiger partial charge in [-0.05, 0) is 6.92 Å². The molecule has 0 amide bonds. The third kappa shape index (κ3) is 2.66. The van der Waals surface area contributed by atoms with Gasteiger partial charge in [-0.15, -0.1) is 0 Å². The zero-order chi connectivity index (χ0) is 9.84. The van der Waals surface area contributed by atoms with Crippen molar-refractivity contribution >= 4 is 17.7 Å². The highest BCUT2D eigenvalue weighted by Crippen LogP contribution is 2.19. The average Bonchev–Trinajstić information content (AvgIpc) is 2.07. The van der Waals surface area contributed by atoms with E-state index in [1.807, 2.05) is 0 Å². The summed E-state index contributed by atoms with van der Waals surface area (Å²) in [6, 6.07) is 0. The number of thioether (sulfide) groups is 1. The van der Waals surface area contributed by atoms with Crippen LogP contribution < -0.4 is 0 Å². The summed E-state index contributed by atoms with van der Waals surface area (Å²) in [5.74, 6) is -1.75. The molecule has 0 unspecified atom stereocenters. The number of carbonyl (C=O) groups is 1. The van der Waals surface area contributed by atoms with Crippen molar-refractivity contribution in [2.24, 2.45) is 0 Å². The first kappa shape index (κ1) is 9.91. The van der Waals surface area contributed by atoms with E-state index in [4.69, 9.17) is 5.11 Å². The maximum Gasteiger partial charge on any atom is 0.313 e. The Morgan fingerprint density at radius 3 is 3.00 bits per heavy atom. The molecule has 70 valence electrons. The Morgan fingerprint density at radius 2 is 2.38 bits per heavy atom. The van der Waals surface area contributed by atoms with Crippen molar-refractivity contribution in [2.45, 2.75) is 11.9 Å². The monoisotopic (exact) mass is 202 g/mol. The van der Waals surface area contributed by atoms with E-state index in [-0.39, 0.29) is 16.5 Å². The quantitative estimate of drug-likeness (QED) is 0.587. The highest BCUT2D eigenvalue weighted by atomic mass is 32.2. The van der Waals surface area contributed by atoms with E-state index in [1.54, 1.807) is 0 Å². The second kappa shape index (κ2) is 4.18. The second-order valence-electron chi connectivity index (χ2n) is 2.26. The standard InChI is InChI=1S/C7H7FN2O2S/c1-4-6(8)7(10-3-9-4)13-2-5(11)12/h3H,2H2,1H3,(H,11,12). The Morgan fingerprint density at radius 1 is 1.69 bits per heavy atom. The van der Waals surface area contributed by atoms with E-state index >= 15 is 0 Å². The molecule has 13 heavy (non-hydrogen) atoms. The van der Waals surface area contributed by atoms with Gasteiger partial charge in [-0.1, -0.05) is 11.8 Å². The van der Waals surface area contributed by atoms with Gasteiger partial charge in [0.05, 0.1) is 11.4 Å². The number of halogens is 1. The lowest BCUT2D eigenvalue weighted by Crippen LogP contribution is -2.00. The van der Waals surface area contributed by atoms with Crippen molar-refractivity contribution in [1.82, 2.24) is 9.97 Å². The Kier molecular flexibility index (Phi) is 3.18. The van der Waals surface area contributed by atoms with Gasteiger partial charge < -0.3 is 5.11 Å². The van der Waals surface area contributed by atoms with E-state index in [9.17, 15) is 9.18 Å². The minimum absolute atomic E-state index is 0.0786. The fraction of sp³-hybridized carbons (Fsp3) is 0.286. The first-order valence-corrected chi connectivity index (χ1v) is 4.41. The van der Waals surface area contributed by atoms with Gasteiger partial charge in [0.2, 0.25) is 0 Å². The molecule has 1 rings (SSSR count). The summed E-state index contributed by atoms with van der Waals surface area (Å²) in [5, 5.41) is 8.43. The van der Waals surface area contributed by atoms with Gasteiger partial charge >= 0.3 is 5.97 Å². The molecule has 1 N–H and O–H groups in total. The summed E-state index contributed by atoms with van der Waals surface area (Å²) in [6.07, 6.45) is 1.21. The molecule has 0 saturated heterocycles. The molecular weight excluding hydrogens is 195 g/mol. The molecule has 0 spiro atoms. The van der Waals surface area contributed by atoms with Crippen molar-refractivity contribution in [1.29, 1.82) is 0 Å². The lowest BCUT2D eigenvalue weighted by atomic mass is 10.4. The first-order chi connectivity index (χ1) is 6.11. The lowest BCUT2D eigenvalue weighted by Gasteiger charge is -2.00. The summed E-state index contributed by atoms with van der Waals surface area (Å²) in [6.45, 7) is 1.50. The van der Waals surface area contributed by atoms with E-state index in [1.165, 1.54) is 13.3 Å². The summed E-state index contributed by atoms with van der Waals surface area (Å²) >= 11 is 0.844. The van der Waals surface area contributed by atoms with Gasteiger partial charge in [-0.25, -0.2) is 14.4 Å². The number of carboxylic acid groups (broad SMARTS) is 1. The van der Waals surface area contributed by atoms with E-state index in [2.05, 4.69) is 9.97 Å². The van der Waals surface area contributed by atoms with Crippen LogP contribution in [-0.4, -0.2) is 26.8 Å². The molecule has 0 bridgehead atoms. The third-order valence-corrected chi connectivity index (χ3v) is 2.21. The predicted octanol–water partition coefficient (Wildman–Crippen LogP) is 1.10. The fourth-order valence-corrected chi connectivity index (χ4v) is 1.32. The van der Waals surface area contributed by atoms with Crippen LogP contribution in [0.2, 0.25) is 0 Å². The van der Waals surface area contributed by atoms with Crippen molar-refractivity contribution in [3.63, 3.8) is 0 Å². The zero-order valence-corrected chi connectivity index (χ0v) is 7.64. The molecule has 1 aromatic heterocycles. The maximum absolute atomic E-state index is 13.1. The molecule has 0 radical (unpaired) electrons. The number of rotatable bonds is 3. The Bertz CT molecular complexity index is 332. The number of aryl methyl sites for hydroxylation is 1. The van der Waals surface area contributed by atoms with Crippen molar-refractivity contribution in [2.75, 3.05) is 5.75 Å². The van der Waals surface area contributed by atoms with Crippen LogP contribution in [0.4, 0.5) is 4.39 Å². The summed E-state index contributed by atoms with van der Waals surface area (Å²) in [7, 11) is 0. The summed E-state index contributed by atoms with van der Waals surface area (Å²) in [4.78, 5) is 17.4. The van der Waals surface area contributed by atoms with Gasteiger partial charge in [-0.3, -0.25) is 4.79 Å². The van der Waals surface area contributed by atoms with Gasteiger partial charge in [-0.2, -0.15) is 0 Å². The number of hydrogen-bond donors (Lipinski definition) is 1. The number of carboxylic acids is 1. The lowest BCUT2D eigenvalue weighted by molar-refractivity contribution is -0.133. The van der Waals surface area contributed by atoms with Crippen molar-refractivity contribution < 1.29 is 14.3 Å². The molecule has 0 aliphatic carbocycles. The van der Waals surface area contributed by atoms with E-state index in [0.29, 0.717) is 0 Å². The van der Waals surface area contributed by atoms with E-state index in [0.717, 1.165) is 11.8 Å². The Balaban J connectivity index is 2.77. The van der Waals surface area contributed by atoms with Crippen LogP contribution in [0.25, 0.3) is 0 Å². The average molecular weight is 202 g/mol. The zero-order valence-electron chi connectivity index (χ0n) is 6.82. The van der Waals surface area contributed by atoms with Crippen LogP contribution in [0.15, 0.2) is 11.4 Å². The fourth-order valence-electron chi connectivity index (χ4n) is 0.667. The largest absolute Gasteiger partial charge is 0.481 e. The highest BCUT2D eigenvalue weighted by molar-refractivity contribution is 7.99. The van der Waals surface area contributed by atoms with E-state index < -0.39 is 11.8 Å².